The van der Waals surface area contributed by atoms with Crippen LogP contribution in [0.5, 0.6) is 0 Å². The second kappa shape index (κ2) is 12.1. The van der Waals surface area contributed by atoms with Gasteiger partial charge in [-0.15, -0.1) is 0 Å². The van der Waals surface area contributed by atoms with Gasteiger partial charge in [0.1, 0.15) is 23.3 Å². The van der Waals surface area contributed by atoms with Gasteiger partial charge in [-0.05, 0) is 36.6 Å². The molecule has 1 atom stereocenters. The van der Waals surface area contributed by atoms with Crippen molar-refractivity contribution in [3.63, 3.8) is 0 Å². The average molecular weight is 567 g/mol. The molecule has 1 aromatic carbocycles. The van der Waals surface area contributed by atoms with E-state index in [1.807, 2.05) is 18.2 Å². The van der Waals surface area contributed by atoms with Crippen LogP contribution in [0, 0.1) is 11.3 Å². The molecule has 208 valence electrons. The normalized spacial score (nSPS) is 13.6. The van der Waals surface area contributed by atoms with Gasteiger partial charge >= 0.3 is 12.1 Å². The molecular weight excluding hydrogens is 541 g/mol. The van der Waals surface area contributed by atoms with Gasteiger partial charge in [-0.25, -0.2) is 9.78 Å². The summed E-state index contributed by atoms with van der Waals surface area (Å²) in [6, 6.07) is 9.81. The molecular formula is C23H25F3N8O4S. The number of carboxylic acid groups (broad SMARTS) is 1. The number of hydrogen-bond donors (Lipinski definition) is 4. The van der Waals surface area contributed by atoms with Crippen molar-refractivity contribution in [3.05, 3.63) is 41.6 Å². The number of amides is 1. The largest absolute Gasteiger partial charge is 0.490 e. The van der Waals surface area contributed by atoms with Crippen LogP contribution >= 0.6 is 0 Å². The fourth-order valence-electron chi connectivity index (χ4n) is 3.39. The minimum atomic E-state index is -5.08. The minimum Gasteiger partial charge on any atom is -0.475 e. The lowest BCUT2D eigenvalue weighted by atomic mass is 10.1. The van der Waals surface area contributed by atoms with E-state index >= 15 is 0 Å². The Morgan fingerprint density at radius 3 is 2.54 bits per heavy atom. The first kappa shape index (κ1) is 29.3. The molecule has 1 unspecified atom stereocenters. The molecule has 1 aliphatic carbocycles. The summed E-state index contributed by atoms with van der Waals surface area (Å²) in [6.45, 7) is -0.113. The molecule has 1 aliphatic rings. The van der Waals surface area contributed by atoms with Crippen LogP contribution in [0.4, 0.5) is 36.2 Å². The van der Waals surface area contributed by atoms with Crippen LogP contribution in [0.3, 0.4) is 0 Å². The van der Waals surface area contributed by atoms with Crippen LogP contribution in [-0.4, -0.2) is 67.9 Å². The predicted octanol–water partition coefficient (Wildman–Crippen LogP) is 2.35. The average Bonchev–Trinajstić information content (AvgIpc) is 3.58. The lowest BCUT2D eigenvalue weighted by Crippen LogP contribution is -2.33. The molecule has 4 rings (SSSR count). The predicted molar refractivity (Wildman–Crippen MR) is 138 cm³/mol. The molecule has 5 N–H and O–H groups in total. The topological polar surface area (TPSA) is 179 Å². The van der Waals surface area contributed by atoms with E-state index in [2.05, 4.69) is 26.8 Å². The highest BCUT2D eigenvalue weighted by atomic mass is 32.2. The number of halogens is 3. The molecule has 2 aromatic heterocycles. The number of nitriles is 1. The maximum Gasteiger partial charge on any atom is 0.490 e. The van der Waals surface area contributed by atoms with Crippen molar-refractivity contribution in [2.45, 2.75) is 30.8 Å². The number of nitrogens with two attached hydrogens (primary N) is 1. The first-order chi connectivity index (χ1) is 18.3. The summed E-state index contributed by atoms with van der Waals surface area (Å²) >= 11 is 0. The summed E-state index contributed by atoms with van der Waals surface area (Å²) in [5.74, 6) is -1.41. The van der Waals surface area contributed by atoms with Crippen molar-refractivity contribution in [1.29, 1.82) is 5.26 Å². The van der Waals surface area contributed by atoms with Gasteiger partial charge in [-0.1, -0.05) is 0 Å². The third-order valence-electron chi connectivity index (χ3n) is 5.38. The zero-order valence-electron chi connectivity index (χ0n) is 20.8. The lowest BCUT2D eigenvalue weighted by Gasteiger charge is -2.21. The Kier molecular flexibility index (Phi) is 9.09. The van der Waals surface area contributed by atoms with E-state index in [4.69, 9.17) is 15.6 Å². The van der Waals surface area contributed by atoms with Crippen molar-refractivity contribution < 1.29 is 32.1 Å². The molecule has 0 spiro atoms. The van der Waals surface area contributed by atoms with Crippen molar-refractivity contribution in [1.82, 2.24) is 14.6 Å². The van der Waals surface area contributed by atoms with Crippen LogP contribution in [-0.2, 0) is 26.1 Å². The first-order valence-corrected chi connectivity index (χ1v) is 13.1. The van der Waals surface area contributed by atoms with Crippen molar-refractivity contribution in [2.24, 2.45) is 5.73 Å². The summed E-state index contributed by atoms with van der Waals surface area (Å²) in [5.41, 5.74) is 8.46. The van der Waals surface area contributed by atoms with E-state index in [1.165, 1.54) is 11.1 Å². The number of hydrogen-bond acceptors (Lipinski definition) is 9. The van der Waals surface area contributed by atoms with Gasteiger partial charge < -0.3 is 26.4 Å². The molecule has 3 aromatic rings. The van der Waals surface area contributed by atoms with Crippen molar-refractivity contribution in [3.8, 4) is 6.07 Å². The molecule has 12 nitrogen and oxygen atoms in total. The van der Waals surface area contributed by atoms with E-state index in [9.17, 15) is 27.4 Å². The van der Waals surface area contributed by atoms with Gasteiger partial charge in [0.2, 0.25) is 5.91 Å². The van der Waals surface area contributed by atoms with E-state index in [0.29, 0.717) is 28.8 Å². The highest BCUT2D eigenvalue weighted by Crippen LogP contribution is 2.30. The quantitative estimate of drug-likeness (QED) is 0.316. The molecule has 0 aliphatic heterocycles. The monoisotopic (exact) mass is 566 g/mol. The number of anilines is 4. The van der Waals surface area contributed by atoms with E-state index < -0.39 is 22.9 Å². The number of benzene rings is 1. The number of carboxylic acids is 1. The van der Waals surface area contributed by atoms with E-state index in [0.717, 1.165) is 29.9 Å². The summed E-state index contributed by atoms with van der Waals surface area (Å²) < 4.78 is 45.3. The summed E-state index contributed by atoms with van der Waals surface area (Å²) in [7, 11) is 0.542. The second-order valence-electron chi connectivity index (χ2n) is 8.50. The molecule has 0 bridgehead atoms. The Morgan fingerprint density at radius 1 is 1.33 bits per heavy atom. The first-order valence-electron chi connectivity index (χ1n) is 11.4. The Hall–Kier alpha value is -4.23. The summed E-state index contributed by atoms with van der Waals surface area (Å²) in [6.07, 6.45) is 0.209. The zero-order valence-corrected chi connectivity index (χ0v) is 21.6. The Bertz CT molecular complexity index is 1450. The molecule has 39 heavy (non-hydrogen) atoms. The zero-order chi connectivity index (χ0) is 28.9. The molecule has 1 saturated carbocycles. The van der Waals surface area contributed by atoms with Gasteiger partial charge in [0.05, 0.1) is 18.5 Å². The molecule has 2 heterocycles. The van der Waals surface area contributed by atoms with Gasteiger partial charge in [0, 0.05) is 47.6 Å². The van der Waals surface area contributed by atoms with E-state index in [-0.39, 0.29) is 18.2 Å². The third kappa shape index (κ3) is 7.65. The van der Waals surface area contributed by atoms with Crippen LogP contribution in [0.15, 0.2) is 30.5 Å². The fourth-order valence-corrected chi connectivity index (χ4v) is 4.06. The number of carbonyl (C=O) groups is 2. The van der Waals surface area contributed by atoms with Crippen LogP contribution < -0.4 is 21.3 Å². The molecule has 16 heteroatoms. The van der Waals surface area contributed by atoms with Gasteiger partial charge in [0.15, 0.2) is 5.65 Å². The summed E-state index contributed by atoms with van der Waals surface area (Å²) in [5, 5.41) is 27.5. The van der Waals surface area contributed by atoms with Crippen LogP contribution in [0.25, 0.3) is 5.65 Å². The van der Waals surface area contributed by atoms with Gasteiger partial charge in [-0.2, -0.15) is 28.0 Å². The number of aromatic nitrogens is 3. The van der Waals surface area contributed by atoms with Gasteiger partial charge in [-0.3, -0.25) is 9.00 Å². The number of aliphatic carboxylic acids is 1. The number of fused-ring (bicyclic) bond motifs is 1. The molecule has 1 fully saturated rings. The third-order valence-corrected chi connectivity index (χ3v) is 6.10. The van der Waals surface area contributed by atoms with Crippen molar-refractivity contribution >= 4 is 51.3 Å². The standard InChI is InChI=1S/C21H24N8O2S.C2HF3O2/c1-28(20(30)10-23)17-6-5-16(7-13(17)12-32(2)31)25-18-8-19(26-15-3-4-15)29-21(27-18)14(9-22)11-24-29;3-2(4,5)1(6)7/h5-8,11,15,26H,3-4,10,12,23H2,1-2H3,(H,25,27);(H,6,7). The number of likely N-dealkylation sites (N-methyl/N-ethyl adjacent to an activating group) is 1. The van der Waals surface area contributed by atoms with Crippen molar-refractivity contribution in [2.75, 3.05) is 35.4 Å². The van der Waals surface area contributed by atoms with E-state index in [1.54, 1.807) is 23.9 Å². The number of carbonyl (C=O) groups excluding carboxylic acids is 1. The maximum atomic E-state index is 12.1. The SMILES string of the molecule is CN(C(=O)CN)c1ccc(Nc2cc(NC3CC3)n3ncc(C#N)c3n2)cc1CS(C)=O.O=C(O)C(F)(F)F. The van der Waals surface area contributed by atoms with Crippen LogP contribution in [0.2, 0.25) is 0 Å². The highest BCUT2D eigenvalue weighted by Gasteiger charge is 2.38. The Labute approximate surface area is 223 Å². The number of rotatable bonds is 8. The Balaban J connectivity index is 0.000000532. The van der Waals surface area contributed by atoms with Crippen LogP contribution in [0.1, 0.15) is 24.0 Å². The smallest absolute Gasteiger partial charge is 0.475 e. The lowest BCUT2D eigenvalue weighted by molar-refractivity contribution is -0.192. The summed E-state index contributed by atoms with van der Waals surface area (Å²) in [4.78, 5) is 27.0. The number of nitrogens with zero attached hydrogens (tertiary/aromatic N) is 5. The minimum absolute atomic E-state index is 0.113. The maximum absolute atomic E-state index is 12.1. The van der Waals surface area contributed by atoms with Gasteiger partial charge in [0.25, 0.3) is 0 Å². The highest BCUT2D eigenvalue weighted by molar-refractivity contribution is 7.83. The molecule has 0 radical (unpaired) electrons. The fraction of sp³-hybridized carbons (Fsp3) is 0.348. The molecule has 0 saturated heterocycles. The second-order valence-corrected chi connectivity index (χ2v) is 9.93. The number of nitrogens with one attached hydrogen (secondary N) is 2. The Morgan fingerprint density at radius 2 is 2.00 bits per heavy atom. The molecule has 1 amide bonds. The number of alkyl halides is 3.